The van der Waals surface area contributed by atoms with Crippen molar-refractivity contribution in [2.24, 2.45) is 5.92 Å². The summed E-state index contributed by atoms with van der Waals surface area (Å²) in [4.78, 5) is 24.5. The molecule has 2 heterocycles. The van der Waals surface area contributed by atoms with Gasteiger partial charge in [0.05, 0.1) is 25.9 Å². The predicted octanol–water partition coefficient (Wildman–Crippen LogP) is 3.49. The summed E-state index contributed by atoms with van der Waals surface area (Å²) in [5.41, 5.74) is 0.780. The molecule has 3 rings (SSSR count). The second kappa shape index (κ2) is 7.99. The second-order valence-electron chi connectivity index (χ2n) is 8.55. The molecular weight excluding hydrogens is 360 g/mol. The number of rotatable bonds is 3. The van der Waals surface area contributed by atoms with E-state index < -0.39 is 0 Å². The molecule has 0 bridgehead atoms. The Hall–Kier alpha value is -1.66. The molecular formula is C22H32O6. The van der Waals surface area contributed by atoms with Crippen molar-refractivity contribution in [3.8, 4) is 0 Å². The Bertz CT molecular complexity index is 693. The fraction of sp³-hybridized carbons (Fsp3) is 0.727. The van der Waals surface area contributed by atoms with Crippen LogP contribution in [0.3, 0.4) is 0 Å². The molecule has 4 atom stereocenters. The lowest BCUT2D eigenvalue weighted by molar-refractivity contribution is -0.137. The molecule has 0 spiro atoms. The van der Waals surface area contributed by atoms with E-state index in [9.17, 15) is 9.59 Å². The van der Waals surface area contributed by atoms with E-state index in [-0.39, 0.29) is 41.3 Å². The van der Waals surface area contributed by atoms with E-state index >= 15 is 0 Å². The second-order valence-corrected chi connectivity index (χ2v) is 8.55. The number of epoxide rings is 2. The maximum Gasteiger partial charge on any atom is 0.333 e. The van der Waals surface area contributed by atoms with Gasteiger partial charge in [0.2, 0.25) is 0 Å². The molecule has 28 heavy (non-hydrogen) atoms. The molecule has 0 aromatic rings. The number of fused-ring (bicyclic) bond motifs is 2. The van der Waals surface area contributed by atoms with E-state index in [1.54, 1.807) is 0 Å². The van der Waals surface area contributed by atoms with Gasteiger partial charge in [-0.2, -0.15) is 0 Å². The predicted molar refractivity (Wildman–Crippen MR) is 104 cm³/mol. The van der Waals surface area contributed by atoms with Crippen molar-refractivity contribution >= 4 is 11.9 Å². The minimum absolute atomic E-state index is 0.119. The van der Waals surface area contributed by atoms with Crippen molar-refractivity contribution in [3.63, 3.8) is 0 Å². The Morgan fingerprint density at radius 2 is 1.75 bits per heavy atom. The van der Waals surface area contributed by atoms with E-state index in [2.05, 4.69) is 20.8 Å². The highest BCUT2D eigenvalue weighted by Crippen LogP contribution is 2.49. The highest BCUT2D eigenvalue weighted by atomic mass is 16.6. The Morgan fingerprint density at radius 1 is 1.07 bits per heavy atom. The molecule has 0 amide bonds. The zero-order chi connectivity index (χ0) is 20.5. The third-order valence-electron chi connectivity index (χ3n) is 6.52. The van der Waals surface area contributed by atoms with Crippen molar-refractivity contribution in [2.45, 2.75) is 82.7 Å². The maximum absolute atomic E-state index is 12.3. The first-order valence-corrected chi connectivity index (χ1v) is 10.2. The lowest BCUT2D eigenvalue weighted by Gasteiger charge is -2.18. The lowest BCUT2D eigenvalue weighted by Crippen LogP contribution is -2.24. The van der Waals surface area contributed by atoms with Crippen LogP contribution in [-0.2, 0) is 28.5 Å². The minimum Gasteiger partial charge on any atom is -0.466 e. The van der Waals surface area contributed by atoms with Crippen LogP contribution in [0, 0.1) is 5.92 Å². The van der Waals surface area contributed by atoms with Gasteiger partial charge in [-0.15, -0.1) is 0 Å². The first-order valence-electron chi connectivity index (χ1n) is 10.2. The molecule has 6 heteroatoms. The Labute approximate surface area is 167 Å². The van der Waals surface area contributed by atoms with Gasteiger partial charge < -0.3 is 18.9 Å². The van der Waals surface area contributed by atoms with Crippen LogP contribution < -0.4 is 0 Å². The Morgan fingerprint density at radius 3 is 2.39 bits per heavy atom. The van der Waals surface area contributed by atoms with E-state index in [0.29, 0.717) is 30.4 Å². The van der Waals surface area contributed by atoms with Crippen LogP contribution >= 0.6 is 0 Å². The van der Waals surface area contributed by atoms with Crippen LogP contribution in [0.5, 0.6) is 0 Å². The summed E-state index contributed by atoms with van der Waals surface area (Å²) in [5, 5.41) is 0. The van der Waals surface area contributed by atoms with Gasteiger partial charge in [0.25, 0.3) is 0 Å². The average Bonchev–Trinajstić information content (AvgIpc) is 3.55. The largest absolute Gasteiger partial charge is 0.466 e. The third-order valence-corrected chi connectivity index (χ3v) is 6.52. The van der Waals surface area contributed by atoms with Gasteiger partial charge in [-0.3, -0.25) is 0 Å². The van der Waals surface area contributed by atoms with Gasteiger partial charge in [0, 0.05) is 11.1 Å². The standard InChI is InChI=1S/C22H32O6/c1-14(2)22-12-10-15(19(23)25-4)7-6-11-21(3)17(27-21)9-8-16(20(24)26-5)13-18(22)28-22/h7,13-14,17-18H,6,8-12H2,1-5H3/b15-7-,16-13-/t17-,18-,21-,22+/m0/s1. The quantitative estimate of drug-likeness (QED) is 0.540. The van der Waals surface area contributed by atoms with Crippen molar-refractivity contribution in [3.05, 3.63) is 23.3 Å². The van der Waals surface area contributed by atoms with E-state index in [4.69, 9.17) is 18.9 Å². The van der Waals surface area contributed by atoms with Crippen LogP contribution in [0.15, 0.2) is 23.3 Å². The summed E-state index contributed by atoms with van der Waals surface area (Å²) in [6.45, 7) is 6.31. The average molecular weight is 392 g/mol. The molecule has 2 aliphatic heterocycles. The smallest absolute Gasteiger partial charge is 0.333 e. The van der Waals surface area contributed by atoms with Gasteiger partial charge in [-0.05, 0) is 57.4 Å². The first-order chi connectivity index (χ1) is 13.3. The summed E-state index contributed by atoms with van der Waals surface area (Å²) in [7, 11) is 2.82. The van der Waals surface area contributed by atoms with Crippen molar-refractivity contribution in [1.82, 2.24) is 0 Å². The molecule has 0 N–H and O–H groups in total. The monoisotopic (exact) mass is 392 g/mol. The molecule has 2 fully saturated rings. The van der Waals surface area contributed by atoms with Gasteiger partial charge >= 0.3 is 11.9 Å². The number of carbonyl (C=O) groups is 2. The van der Waals surface area contributed by atoms with Crippen molar-refractivity contribution < 1.29 is 28.5 Å². The molecule has 0 radical (unpaired) electrons. The zero-order valence-corrected chi connectivity index (χ0v) is 17.6. The summed E-state index contributed by atoms with van der Waals surface area (Å²) in [6.07, 6.45) is 8.16. The third kappa shape index (κ3) is 4.18. The number of allylic oxidation sites excluding steroid dienone is 1. The molecule has 0 unspecified atom stereocenters. The number of ether oxygens (including phenoxy) is 4. The Balaban J connectivity index is 1.86. The fourth-order valence-electron chi connectivity index (χ4n) is 4.34. The lowest BCUT2D eigenvalue weighted by atomic mass is 9.84. The SMILES string of the molecule is COC(=O)/C1=C\[C@@H]2O[C@@]2(C(C)C)CC/C(C(=O)OC)=C/CC[C@]2(C)O[C@H]2CC1. The maximum atomic E-state index is 12.3. The van der Waals surface area contributed by atoms with Crippen LogP contribution in [0.2, 0.25) is 0 Å². The molecule has 156 valence electrons. The molecule has 6 nitrogen and oxygen atoms in total. The van der Waals surface area contributed by atoms with E-state index in [1.165, 1.54) is 14.2 Å². The highest BCUT2D eigenvalue weighted by molar-refractivity contribution is 5.89. The number of methoxy groups -OCH3 is 2. The summed E-state index contributed by atoms with van der Waals surface area (Å²) < 4.78 is 22.0. The van der Waals surface area contributed by atoms with Gasteiger partial charge in [0.15, 0.2) is 0 Å². The minimum atomic E-state index is -0.360. The zero-order valence-electron chi connectivity index (χ0n) is 17.6. The first kappa shape index (κ1) is 21.1. The number of carbonyl (C=O) groups excluding carboxylic acids is 2. The van der Waals surface area contributed by atoms with Gasteiger partial charge in [0.1, 0.15) is 11.7 Å². The normalized spacial score (nSPS) is 39.2. The van der Waals surface area contributed by atoms with E-state index in [0.717, 1.165) is 19.3 Å². The molecule has 0 aromatic carbocycles. The Kier molecular flexibility index (Phi) is 6.01. The number of esters is 2. The fourth-order valence-corrected chi connectivity index (χ4v) is 4.34. The van der Waals surface area contributed by atoms with Crippen LogP contribution in [0.4, 0.5) is 0 Å². The van der Waals surface area contributed by atoms with Crippen LogP contribution in [-0.4, -0.2) is 49.6 Å². The van der Waals surface area contributed by atoms with Crippen LogP contribution in [0.1, 0.15) is 59.3 Å². The summed E-state index contributed by atoms with van der Waals surface area (Å²) in [6, 6.07) is 0. The molecule has 3 aliphatic rings. The summed E-state index contributed by atoms with van der Waals surface area (Å²) >= 11 is 0. The van der Waals surface area contributed by atoms with E-state index in [1.807, 2.05) is 12.2 Å². The molecule has 0 saturated carbocycles. The van der Waals surface area contributed by atoms with Gasteiger partial charge in [-0.1, -0.05) is 19.9 Å². The highest BCUT2D eigenvalue weighted by Gasteiger charge is 2.57. The van der Waals surface area contributed by atoms with Gasteiger partial charge in [-0.25, -0.2) is 9.59 Å². The number of hydrogen-bond acceptors (Lipinski definition) is 6. The molecule has 2 saturated heterocycles. The van der Waals surface area contributed by atoms with Crippen molar-refractivity contribution in [2.75, 3.05) is 14.2 Å². The summed E-state index contributed by atoms with van der Waals surface area (Å²) in [5.74, 6) is -0.334. The molecule has 1 aliphatic carbocycles. The number of hydrogen-bond donors (Lipinski definition) is 0. The van der Waals surface area contributed by atoms with Crippen LogP contribution in [0.25, 0.3) is 0 Å². The topological polar surface area (TPSA) is 77.7 Å². The van der Waals surface area contributed by atoms with Crippen molar-refractivity contribution in [1.29, 1.82) is 0 Å². The molecule has 0 aromatic heterocycles.